The smallest absolute Gasteiger partial charge is 0.337 e. The minimum atomic E-state index is -0.956. The van der Waals surface area contributed by atoms with Crippen LogP contribution in [0.4, 0.5) is 0 Å². The van der Waals surface area contributed by atoms with Crippen molar-refractivity contribution in [3.05, 3.63) is 0 Å². The van der Waals surface area contributed by atoms with Crippen LogP contribution in [0.5, 0.6) is 0 Å². The molecule has 1 aliphatic rings. The second-order valence-electron chi connectivity index (χ2n) is 5.20. The maximum atomic E-state index is 11.8. The number of hydrogen-bond acceptors (Lipinski definition) is 9. The highest BCUT2D eigenvalue weighted by molar-refractivity contribution is 5.74. The molecule has 0 amide bonds. The summed E-state index contributed by atoms with van der Waals surface area (Å²) >= 11 is 0. The molecule has 1 aliphatic heterocycles. The quantitative estimate of drug-likeness (QED) is 0.487. The monoisotopic (exact) mass is 352 g/mol. The average Bonchev–Trinajstić information content (AvgIpc) is 2.60. The molecule has 0 aliphatic carbocycles. The predicted octanol–water partition coefficient (Wildman–Crippen LogP) is -0.393. The lowest BCUT2D eigenvalue weighted by molar-refractivity contribution is -0.322. The Morgan fingerprint density at radius 1 is 0.917 bits per heavy atom. The first-order chi connectivity index (χ1) is 11.6. The van der Waals surface area contributed by atoms with Gasteiger partial charge in [-0.1, -0.05) is 0 Å². The van der Waals surface area contributed by atoms with Gasteiger partial charge >= 0.3 is 5.97 Å². The van der Waals surface area contributed by atoms with E-state index in [1.807, 2.05) is 0 Å². The number of hydrogen-bond donors (Lipinski definition) is 0. The third kappa shape index (κ3) is 5.09. The molecule has 0 radical (unpaired) electrons. The fraction of sp³-hybridized carbons (Fsp3) is 0.933. The SMILES string of the molecule is COCC1OC(O[C@H](COC)C(=O)OC)C(OC)C(OC)C1OC. The van der Waals surface area contributed by atoms with Crippen LogP contribution < -0.4 is 0 Å². The highest BCUT2D eigenvalue weighted by Crippen LogP contribution is 2.28. The van der Waals surface area contributed by atoms with Gasteiger partial charge < -0.3 is 37.9 Å². The van der Waals surface area contributed by atoms with E-state index in [2.05, 4.69) is 0 Å². The maximum absolute atomic E-state index is 11.8. The molecule has 1 heterocycles. The van der Waals surface area contributed by atoms with Gasteiger partial charge in [0.1, 0.15) is 24.4 Å². The van der Waals surface area contributed by atoms with Crippen LogP contribution >= 0.6 is 0 Å². The van der Waals surface area contributed by atoms with E-state index in [9.17, 15) is 4.79 Å². The maximum Gasteiger partial charge on any atom is 0.337 e. The normalized spacial score (nSPS) is 31.7. The first-order valence-electron chi connectivity index (χ1n) is 7.52. The minimum absolute atomic E-state index is 0.0171. The molecular weight excluding hydrogens is 324 g/mol. The Morgan fingerprint density at radius 3 is 2.00 bits per heavy atom. The van der Waals surface area contributed by atoms with Crippen molar-refractivity contribution in [1.82, 2.24) is 0 Å². The highest BCUT2D eigenvalue weighted by Gasteiger charge is 2.48. The molecule has 6 atom stereocenters. The van der Waals surface area contributed by atoms with E-state index in [1.54, 1.807) is 21.3 Å². The topological polar surface area (TPSA) is 90.9 Å². The fourth-order valence-electron chi connectivity index (χ4n) is 2.70. The molecule has 0 aromatic heterocycles. The van der Waals surface area contributed by atoms with Gasteiger partial charge in [-0.25, -0.2) is 4.79 Å². The van der Waals surface area contributed by atoms with Crippen LogP contribution in [0.25, 0.3) is 0 Å². The summed E-state index contributed by atoms with van der Waals surface area (Å²) in [6.07, 6.45) is -3.80. The summed E-state index contributed by atoms with van der Waals surface area (Å²) in [6, 6.07) is 0. The molecule has 24 heavy (non-hydrogen) atoms. The van der Waals surface area contributed by atoms with Crippen molar-refractivity contribution in [3.63, 3.8) is 0 Å². The van der Waals surface area contributed by atoms with Crippen molar-refractivity contribution in [3.8, 4) is 0 Å². The first-order valence-corrected chi connectivity index (χ1v) is 7.52. The predicted molar refractivity (Wildman–Crippen MR) is 81.7 cm³/mol. The average molecular weight is 352 g/mol. The molecule has 9 nitrogen and oxygen atoms in total. The van der Waals surface area contributed by atoms with E-state index in [0.29, 0.717) is 0 Å². The Kier molecular flexibility index (Phi) is 9.67. The summed E-state index contributed by atoms with van der Waals surface area (Å²) in [6.45, 7) is 0.283. The largest absolute Gasteiger partial charge is 0.467 e. The van der Waals surface area contributed by atoms with Crippen LogP contribution in [-0.4, -0.2) is 98.7 Å². The number of methoxy groups -OCH3 is 6. The summed E-state index contributed by atoms with van der Waals surface area (Å²) in [4.78, 5) is 11.8. The summed E-state index contributed by atoms with van der Waals surface area (Å²) in [5.74, 6) is -0.568. The van der Waals surface area contributed by atoms with E-state index in [0.717, 1.165) is 0 Å². The van der Waals surface area contributed by atoms with E-state index >= 15 is 0 Å². The number of ether oxygens (including phenoxy) is 8. The standard InChI is InChI=1S/C15H28O9/c1-17-7-9-11(19-3)12(20-4)13(21-5)15(23-9)24-10(8-18-2)14(16)22-6/h9-13,15H,7-8H2,1-6H3/t9?,10-,11?,12?,13?,15?/m1/s1. The van der Waals surface area contributed by atoms with Crippen molar-refractivity contribution in [2.75, 3.05) is 55.9 Å². The zero-order chi connectivity index (χ0) is 18.1. The molecule has 0 aromatic carbocycles. The van der Waals surface area contributed by atoms with Crippen molar-refractivity contribution in [2.45, 2.75) is 36.8 Å². The van der Waals surface area contributed by atoms with Gasteiger partial charge in [-0.05, 0) is 0 Å². The van der Waals surface area contributed by atoms with Crippen molar-refractivity contribution in [2.24, 2.45) is 0 Å². The van der Waals surface area contributed by atoms with Crippen LogP contribution in [0.1, 0.15) is 0 Å². The number of carbonyl (C=O) groups excluding carboxylic acids is 1. The van der Waals surface area contributed by atoms with Crippen LogP contribution in [0, 0.1) is 0 Å². The van der Waals surface area contributed by atoms with Gasteiger partial charge in [-0.15, -0.1) is 0 Å². The Labute approximate surface area is 142 Å². The molecule has 1 saturated heterocycles. The summed E-state index contributed by atoms with van der Waals surface area (Å²) in [5.41, 5.74) is 0. The summed E-state index contributed by atoms with van der Waals surface area (Å²) in [7, 11) is 8.89. The van der Waals surface area contributed by atoms with Gasteiger partial charge in [0, 0.05) is 35.5 Å². The fourth-order valence-corrected chi connectivity index (χ4v) is 2.70. The Balaban J connectivity index is 2.98. The van der Waals surface area contributed by atoms with E-state index in [-0.39, 0.29) is 13.2 Å². The molecule has 142 valence electrons. The van der Waals surface area contributed by atoms with Gasteiger partial charge in [0.25, 0.3) is 0 Å². The van der Waals surface area contributed by atoms with E-state index in [1.165, 1.54) is 21.3 Å². The van der Waals surface area contributed by atoms with Gasteiger partial charge in [0.15, 0.2) is 12.4 Å². The number of esters is 1. The molecule has 5 unspecified atom stereocenters. The van der Waals surface area contributed by atoms with E-state index in [4.69, 9.17) is 37.9 Å². The first kappa shape index (κ1) is 21.2. The van der Waals surface area contributed by atoms with Gasteiger partial charge in [0.05, 0.1) is 20.3 Å². The van der Waals surface area contributed by atoms with Gasteiger partial charge in [0.2, 0.25) is 0 Å². The molecule has 0 aromatic rings. The van der Waals surface area contributed by atoms with Gasteiger partial charge in [-0.3, -0.25) is 0 Å². The Morgan fingerprint density at radius 2 is 1.54 bits per heavy atom. The Bertz CT molecular complexity index is 365. The molecule has 1 fully saturated rings. The number of rotatable bonds is 10. The van der Waals surface area contributed by atoms with Crippen LogP contribution in [-0.2, 0) is 42.7 Å². The Hall–Kier alpha value is -0.810. The third-order valence-corrected chi connectivity index (χ3v) is 3.82. The van der Waals surface area contributed by atoms with E-state index < -0.39 is 42.8 Å². The molecule has 9 heteroatoms. The molecule has 0 saturated carbocycles. The zero-order valence-corrected chi connectivity index (χ0v) is 15.1. The molecular formula is C15H28O9. The van der Waals surface area contributed by atoms with Crippen LogP contribution in [0.3, 0.4) is 0 Å². The molecule has 0 bridgehead atoms. The summed E-state index contributed by atoms with van der Waals surface area (Å²) in [5, 5.41) is 0. The van der Waals surface area contributed by atoms with Crippen LogP contribution in [0.2, 0.25) is 0 Å². The van der Waals surface area contributed by atoms with Crippen molar-refractivity contribution < 1.29 is 42.7 Å². The summed E-state index contributed by atoms with van der Waals surface area (Å²) < 4.78 is 43.0. The lowest BCUT2D eigenvalue weighted by Gasteiger charge is -2.44. The van der Waals surface area contributed by atoms with Crippen molar-refractivity contribution in [1.29, 1.82) is 0 Å². The molecule has 1 rings (SSSR count). The molecule has 0 N–H and O–H groups in total. The second kappa shape index (κ2) is 10.9. The second-order valence-corrected chi connectivity index (χ2v) is 5.20. The minimum Gasteiger partial charge on any atom is -0.467 e. The lowest BCUT2D eigenvalue weighted by Crippen LogP contribution is -2.62. The zero-order valence-electron chi connectivity index (χ0n) is 15.1. The third-order valence-electron chi connectivity index (χ3n) is 3.82. The van der Waals surface area contributed by atoms with Crippen molar-refractivity contribution >= 4 is 5.97 Å². The van der Waals surface area contributed by atoms with Crippen LogP contribution in [0.15, 0.2) is 0 Å². The highest BCUT2D eigenvalue weighted by atomic mass is 16.7. The van der Waals surface area contributed by atoms with Gasteiger partial charge in [-0.2, -0.15) is 0 Å². The number of carbonyl (C=O) groups is 1. The lowest BCUT2D eigenvalue weighted by atomic mass is 9.98. The molecule has 0 spiro atoms.